The lowest BCUT2D eigenvalue weighted by molar-refractivity contribution is -0.118. The Morgan fingerprint density at radius 2 is 2.17 bits per heavy atom. The molecule has 3 rings (SSSR count). The van der Waals surface area contributed by atoms with Crippen LogP contribution in [0.2, 0.25) is 0 Å². The molecule has 0 bridgehead atoms. The van der Waals surface area contributed by atoms with Crippen molar-refractivity contribution in [2.45, 2.75) is 0 Å². The van der Waals surface area contributed by atoms with E-state index < -0.39 is 5.91 Å². The van der Waals surface area contributed by atoms with Gasteiger partial charge in [-0.15, -0.1) is 5.10 Å². The number of hydrogen-bond donors (Lipinski definition) is 1. The Bertz CT molecular complexity index is 786. The number of benzene rings is 1. The second kappa shape index (κ2) is 6.93. The van der Waals surface area contributed by atoms with E-state index in [0.29, 0.717) is 17.4 Å². The normalized spacial score (nSPS) is 10.3. The molecule has 2 aromatic heterocycles. The van der Waals surface area contributed by atoms with Crippen LogP contribution < -0.4 is 14.8 Å². The predicted octanol–water partition coefficient (Wildman–Crippen LogP) is 2.82. The number of ether oxygens (including phenoxy) is 2. The van der Waals surface area contributed by atoms with E-state index in [1.165, 1.54) is 11.3 Å². The molecule has 7 nitrogen and oxygen atoms in total. The highest BCUT2D eigenvalue weighted by atomic mass is 32.1. The van der Waals surface area contributed by atoms with Crippen molar-refractivity contribution < 1.29 is 18.7 Å². The van der Waals surface area contributed by atoms with Gasteiger partial charge in [0, 0.05) is 17.0 Å². The summed E-state index contributed by atoms with van der Waals surface area (Å²) in [4.78, 5) is 11.8. The van der Waals surface area contributed by atoms with Gasteiger partial charge < -0.3 is 13.9 Å². The molecule has 0 saturated heterocycles. The van der Waals surface area contributed by atoms with E-state index in [2.05, 4.69) is 15.5 Å². The molecule has 3 aromatic rings. The van der Waals surface area contributed by atoms with E-state index >= 15 is 0 Å². The van der Waals surface area contributed by atoms with Crippen molar-refractivity contribution in [3.8, 4) is 23.0 Å². The average Bonchev–Trinajstić information content (AvgIpc) is 3.24. The Labute approximate surface area is 135 Å². The number of carbonyl (C=O) groups excluding carboxylic acids is 1. The van der Waals surface area contributed by atoms with Crippen LogP contribution in [0.1, 0.15) is 0 Å². The monoisotopic (exact) mass is 331 g/mol. The van der Waals surface area contributed by atoms with Crippen LogP contribution in [0.25, 0.3) is 11.5 Å². The number of carbonyl (C=O) groups is 1. The second-order valence-electron chi connectivity index (χ2n) is 4.44. The standard InChI is InChI=1S/C15H13N3O4S/c1-20-11-3-2-4-12(7-11)21-8-13(19)16-15-18-17-14(22-15)10-5-6-23-9-10/h2-7,9H,8H2,1H3,(H,16,18,19). The first-order valence-electron chi connectivity index (χ1n) is 6.67. The van der Waals surface area contributed by atoms with Gasteiger partial charge in [0.1, 0.15) is 11.5 Å². The third kappa shape index (κ3) is 3.86. The zero-order valence-electron chi connectivity index (χ0n) is 12.2. The van der Waals surface area contributed by atoms with Crippen LogP contribution in [0.15, 0.2) is 45.5 Å². The van der Waals surface area contributed by atoms with Crippen molar-refractivity contribution in [1.29, 1.82) is 0 Å². The summed E-state index contributed by atoms with van der Waals surface area (Å²) in [7, 11) is 1.56. The molecule has 0 aliphatic heterocycles. The highest BCUT2D eigenvalue weighted by Crippen LogP contribution is 2.22. The van der Waals surface area contributed by atoms with E-state index in [4.69, 9.17) is 13.9 Å². The minimum absolute atomic E-state index is 0.0328. The summed E-state index contributed by atoms with van der Waals surface area (Å²) in [5.74, 6) is 1.15. The molecule has 0 radical (unpaired) electrons. The van der Waals surface area contributed by atoms with E-state index in [9.17, 15) is 4.79 Å². The lowest BCUT2D eigenvalue weighted by Crippen LogP contribution is -2.20. The highest BCUT2D eigenvalue weighted by Gasteiger charge is 2.12. The highest BCUT2D eigenvalue weighted by molar-refractivity contribution is 7.08. The molecule has 0 spiro atoms. The lowest BCUT2D eigenvalue weighted by Gasteiger charge is -2.06. The Morgan fingerprint density at radius 1 is 1.30 bits per heavy atom. The van der Waals surface area contributed by atoms with Gasteiger partial charge in [0.15, 0.2) is 6.61 Å². The summed E-state index contributed by atoms with van der Waals surface area (Å²) in [5.41, 5.74) is 0.815. The van der Waals surface area contributed by atoms with E-state index in [0.717, 1.165) is 5.56 Å². The number of nitrogens with zero attached hydrogens (tertiary/aromatic N) is 2. The van der Waals surface area contributed by atoms with Gasteiger partial charge in [-0.25, -0.2) is 0 Å². The minimum Gasteiger partial charge on any atom is -0.497 e. The van der Waals surface area contributed by atoms with Crippen LogP contribution >= 0.6 is 11.3 Å². The summed E-state index contributed by atoms with van der Waals surface area (Å²) in [6.07, 6.45) is 0. The number of aromatic nitrogens is 2. The fraction of sp³-hybridized carbons (Fsp3) is 0.133. The third-order valence-corrected chi connectivity index (χ3v) is 3.53. The largest absolute Gasteiger partial charge is 0.497 e. The molecule has 0 aliphatic rings. The van der Waals surface area contributed by atoms with Gasteiger partial charge in [-0.1, -0.05) is 11.2 Å². The molecule has 118 valence electrons. The van der Waals surface area contributed by atoms with Gasteiger partial charge in [-0.2, -0.15) is 11.3 Å². The number of thiophene rings is 1. The maximum Gasteiger partial charge on any atom is 0.322 e. The molecule has 23 heavy (non-hydrogen) atoms. The Morgan fingerprint density at radius 3 is 2.96 bits per heavy atom. The van der Waals surface area contributed by atoms with Gasteiger partial charge in [-0.3, -0.25) is 10.1 Å². The molecular weight excluding hydrogens is 318 g/mol. The molecule has 0 aliphatic carbocycles. The van der Waals surface area contributed by atoms with Gasteiger partial charge in [0.2, 0.25) is 0 Å². The molecule has 0 fully saturated rings. The molecule has 1 aromatic carbocycles. The lowest BCUT2D eigenvalue weighted by atomic mass is 10.3. The molecule has 0 saturated carbocycles. The number of hydrogen-bond acceptors (Lipinski definition) is 7. The molecule has 1 amide bonds. The predicted molar refractivity (Wildman–Crippen MR) is 84.7 cm³/mol. The molecule has 0 unspecified atom stereocenters. The zero-order chi connectivity index (χ0) is 16.1. The van der Waals surface area contributed by atoms with Gasteiger partial charge in [0.25, 0.3) is 11.8 Å². The van der Waals surface area contributed by atoms with Crippen LogP contribution in [0.5, 0.6) is 11.5 Å². The van der Waals surface area contributed by atoms with Crippen molar-refractivity contribution in [2.24, 2.45) is 0 Å². The Kier molecular flexibility index (Phi) is 4.53. The summed E-state index contributed by atoms with van der Waals surface area (Å²) in [5, 5.41) is 13.9. The number of anilines is 1. The topological polar surface area (TPSA) is 86.5 Å². The fourth-order valence-electron chi connectivity index (χ4n) is 1.77. The Balaban J connectivity index is 1.55. The van der Waals surface area contributed by atoms with Crippen molar-refractivity contribution >= 4 is 23.3 Å². The first-order chi connectivity index (χ1) is 11.2. The van der Waals surface area contributed by atoms with Crippen LogP contribution in [-0.2, 0) is 4.79 Å². The zero-order valence-corrected chi connectivity index (χ0v) is 13.0. The second-order valence-corrected chi connectivity index (χ2v) is 5.22. The van der Waals surface area contributed by atoms with Gasteiger partial charge in [-0.05, 0) is 23.6 Å². The first-order valence-corrected chi connectivity index (χ1v) is 7.61. The number of methoxy groups -OCH3 is 1. The molecule has 2 heterocycles. The van der Waals surface area contributed by atoms with E-state index in [1.54, 1.807) is 31.4 Å². The minimum atomic E-state index is -0.395. The first kappa shape index (κ1) is 15.0. The van der Waals surface area contributed by atoms with Crippen molar-refractivity contribution in [1.82, 2.24) is 10.2 Å². The molecule has 0 atom stereocenters. The van der Waals surface area contributed by atoms with Crippen molar-refractivity contribution in [2.75, 3.05) is 19.0 Å². The Hall–Kier alpha value is -2.87. The van der Waals surface area contributed by atoms with Crippen LogP contribution in [0.4, 0.5) is 6.01 Å². The van der Waals surface area contributed by atoms with E-state index in [-0.39, 0.29) is 12.6 Å². The van der Waals surface area contributed by atoms with Gasteiger partial charge in [0.05, 0.1) is 7.11 Å². The number of nitrogens with one attached hydrogen (secondary N) is 1. The van der Waals surface area contributed by atoms with Gasteiger partial charge >= 0.3 is 6.01 Å². The SMILES string of the molecule is COc1cccc(OCC(=O)Nc2nnc(-c3ccsc3)o2)c1. The molecule has 8 heteroatoms. The number of amides is 1. The van der Waals surface area contributed by atoms with Crippen LogP contribution in [0, 0.1) is 0 Å². The maximum absolute atomic E-state index is 11.8. The summed E-state index contributed by atoms with van der Waals surface area (Å²) >= 11 is 1.52. The van der Waals surface area contributed by atoms with Crippen molar-refractivity contribution in [3.63, 3.8) is 0 Å². The van der Waals surface area contributed by atoms with E-state index in [1.807, 2.05) is 16.8 Å². The number of rotatable bonds is 6. The molecule has 1 N–H and O–H groups in total. The third-order valence-electron chi connectivity index (χ3n) is 2.85. The van der Waals surface area contributed by atoms with Crippen molar-refractivity contribution in [3.05, 3.63) is 41.1 Å². The summed E-state index contributed by atoms with van der Waals surface area (Å²) in [6.45, 7) is -0.177. The average molecular weight is 331 g/mol. The quantitative estimate of drug-likeness (QED) is 0.747. The maximum atomic E-state index is 11.8. The smallest absolute Gasteiger partial charge is 0.322 e. The van der Waals surface area contributed by atoms with Crippen LogP contribution in [-0.4, -0.2) is 29.8 Å². The van der Waals surface area contributed by atoms with Crippen LogP contribution in [0.3, 0.4) is 0 Å². The summed E-state index contributed by atoms with van der Waals surface area (Å²) < 4.78 is 15.8. The fourth-order valence-corrected chi connectivity index (χ4v) is 2.40. The summed E-state index contributed by atoms with van der Waals surface area (Å²) in [6, 6.07) is 8.88. The molecular formula is C15H13N3O4S.